The first-order valence-corrected chi connectivity index (χ1v) is 10.1. The highest BCUT2D eigenvalue weighted by atomic mass is 32.2. The lowest BCUT2D eigenvalue weighted by Crippen LogP contribution is -1.83. The maximum Gasteiger partial charge on any atom is 0.0822 e. The number of H-pyrrole nitrogens is 1. The molecule has 0 atom stereocenters. The van der Waals surface area contributed by atoms with Crippen LogP contribution in [0.5, 0.6) is 0 Å². The van der Waals surface area contributed by atoms with Crippen molar-refractivity contribution in [3.63, 3.8) is 0 Å². The highest BCUT2D eigenvalue weighted by Crippen LogP contribution is 2.38. The van der Waals surface area contributed by atoms with E-state index in [1.54, 1.807) is 0 Å². The van der Waals surface area contributed by atoms with Crippen LogP contribution in [0.2, 0.25) is 0 Å². The summed E-state index contributed by atoms with van der Waals surface area (Å²) in [4.78, 5) is 6.19. The van der Waals surface area contributed by atoms with Crippen LogP contribution in [0.3, 0.4) is 0 Å². The molecule has 124 valence electrons. The number of aromatic nitrogens is 1. The zero-order valence-electron chi connectivity index (χ0n) is 14.0. The van der Waals surface area contributed by atoms with Crippen LogP contribution in [-0.4, -0.2) is 4.98 Å². The van der Waals surface area contributed by atoms with E-state index in [1.165, 1.54) is 36.8 Å². The molecule has 4 aromatic rings. The van der Waals surface area contributed by atoms with Gasteiger partial charge in [0.15, 0.2) is 0 Å². The normalized spacial score (nSPS) is 11.1. The number of aryl methyl sites for hydroxylation is 1. The first-order valence-electron chi connectivity index (χ1n) is 8.31. The van der Waals surface area contributed by atoms with Crippen molar-refractivity contribution in [3.8, 4) is 0 Å². The smallest absolute Gasteiger partial charge is 0.0822 e. The Morgan fingerprint density at radius 3 is 2.20 bits per heavy atom. The third kappa shape index (κ3) is 3.78. The fourth-order valence-corrected chi connectivity index (χ4v) is 4.89. The van der Waals surface area contributed by atoms with Crippen LogP contribution < -0.4 is 0 Å². The van der Waals surface area contributed by atoms with E-state index < -0.39 is 0 Å². The molecule has 0 spiro atoms. The molecule has 3 heteroatoms. The van der Waals surface area contributed by atoms with E-state index in [2.05, 4.69) is 90.8 Å². The van der Waals surface area contributed by atoms with Gasteiger partial charge in [0.2, 0.25) is 0 Å². The second-order valence-electron chi connectivity index (χ2n) is 6.00. The van der Waals surface area contributed by atoms with Gasteiger partial charge in [-0.05, 0) is 43.3 Å². The lowest BCUT2D eigenvalue weighted by Gasteiger charge is -2.06. The predicted octanol–water partition coefficient (Wildman–Crippen LogP) is 6.92. The van der Waals surface area contributed by atoms with Gasteiger partial charge < -0.3 is 4.98 Å². The minimum atomic E-state index is 0.961. The Bertz CT molecular complexity index is 975. The third-order valence-electron chi connectivity index (χ3n) is 4.11. The number of benzene rings is 3. The van der Waals surface area contributed by atoms with Crippen LogP contribution in [0.15, 0.2) is 93.7 Å². The Morgan fingerprint density at radius 2 is 1.48 bits per heavy atom. The van der Waals surface area contributed by atoms with E-state index in [1.807, 2.05) is 23.5 Å². The number of aromatic amines is 1. The molecule has 4 rings (SSSR count). The Hall–Kier alpha value is -2.10. The summed E-state index contributed by atoms with van der Waals surface area (Å²) in [7, 11) is 0. The Morgan fingerprint density at radius 1 is 0.800 bits per heavy atom. The molecule has 0 fully saturated rings. The van der Waals surface area contributed by atoms with Crippen molar-refractivity contribution in [1.82, 2.24) is 4.98 Å². The van der Waals surface area contributed by atoms with Crippen LogP contribution in [0, 0.1) is 6.92 Å². The molecule has 0 saturated carbocycles. The molecule has 0 aliphatic carbocycles. The maximum atomic E-state index is 3.63. The van der Waals surface area contributed by atoms with Gasteiger partial charge in [0.05, 0.1) is 5.03 Å². The summed E-state index contributed by atoms with van der Waals surface area (Å²) in [5.41, 5.74) is 3.91. The average molecular weight is 362 g/mol. The van der Waals surface area contributed by atoms with Gasteiger partial charge in [-0.15, -0.1) is 11.8 Å². The summed E-state index contributed by atoms with van der Waals surface area (Å²) >= 11 is 3.70. The second-order valence-corrected chi connectivity index (χ2v) is 8.13. The molecular formula is C22H19NS2. The fraction of sp³-hybridized carbons (Fsp3) is 0.0909. The van der Waals surface area contributed by atoms with Gasteiger partial charge in [-0.2, -0.15) is 0 Å². The molecular weight excluding hydrogens is 342 g/mol. The first kappa shape index (κ1) is 16.4. The Kier molecular flexibility index (Phi) is 4.86. The van der Waals surface area contributed by atoms with Crippen LogP contribution in [-0.2, 0) is 5.75 Å². The number of nitrogens with one attached hydrogen (secondary N) is 1. The van der Waals surface area contributed by atoms with E-state index in [0.717, 1.165) is 5.75 Å². The summed E-state index contributed by atoms with van der Waals surface area (Å²) < 4.78 is 0. The highest BCUT2D eigenvalue weighted by Gasteiger charge is 2.13. The first-order chi connectivity index (χ1) is 12.3. The van der Waals surface area contributed by atoms with Gasteiger partial charge in [0.1, 0.15) is 0 Å². The Labute approximate surface area is 156 Å². The van der Waals surface area contributed by atoms with Gasteiger partial charge in [-0.25, -0.2) is 0 Å². The molecule has 1 N–H and O–H groups in total. The second kappa shape index (κ2) is 7.42. The van der Waals surface area contributed by atoms with E-state index in [0.29, 0.717) is 0 Å². The molecule has 0 radical (unpaired) electrons. The van der Waals surface area contributed by atoms with Crippen molar-refractivity contribution < 1.29 is 0 Å². The number of fused-ring (bicyclic) bond motifs is 1. The zero-order valence-corrected chi connectivity index (χ0v) is 15.7. The molecule has 25 heavy (non-hydrogen) atoms. The summed E-state index contributed by atoms with van der Waals surface area (Å²) in [5.74, 6) is 0.961. The minimum Gasteiger partial charge on any atom is -0.349 e. The number of rotatable bonds is 5. The van der Waals surface area contributed by atoms with E-state index in [9.17, 15) is 0 Å². The topological polar surface area (TPSA) is 15.8 Å². The zero-order chi connectivity index (χ0) is 17.1. The fourth-order valence-electron chi connectivity index (χ4n) is 2.85. The molecule has 3 aromatic carbocycles. The van der Waals surface area contributed by atoms with Gasteiger partial charge in [0.25, 0.3) is 0 Å². The number of thioether (sulfide) groups is 1. The van der Waals surface area contributed by atoms with Gasteiger partial charge in [-0.3, -0.25) is 0 Å². The molecule has 1 nitrogen and oxygen atoms in total. The quantitative estimate of drug-likeness (QED) is 0.388. The largest absolute Gasteiger partial charge is 0.349 e. The van der Waals surface area contributed by atoms with E-state index in [4.69, 9.17) is 0 Å². The van der Waals surface area contributed by atoms with Crippen molar-refractivity contribution in [1.29, 1.82) is 0 Å². The van der Waals surface area contributed by atoms with Crippen molar-refractivity contribution in [2.45, 2.75) is 27.5 Å². The molecule has 0 amide bonds. The average Bonchev–Trinajstić information content (AvgIpc) is 2.98. The van der Waals surface area contributed by atoms with Crippen molar-refractivity contribution in [2.24, 2.45) is 0 Å². The van der Waals surface area contributed by atoms with E-state index >= 15 is 0 Å². The molecule has 1 aromatic heterocycles. The van der Waals surface area contributed by atoms with Crippen LogP contribution >= 0.6 is 23.5 Å². The number of hydrogen-bond donors (Lipinski definition) is 1. The maximum absolute atomic E-state index is 3.63. The molecule has 0 bridgehead atoms. The van der Waals surface area contributed by atoms with Crippen molar-refractivity contribution in [2.75, 3.05) is 0 Å². The molecule has 1 heterocycles. The Balaban J connectivity index is 1.70. The lowest BCUT2D eigenvalue weighted by atomic mass is 10.1. The third-order valence-corrected chi connectivity index (χ3v) is 6.21. The monoisotopic (exact) mass is 361 g/mol. The van der Waals surface area contributed by atoms with Gasteiger partial charge in [-0.1, -0.05) is 59.8 Å². The van der Waals surface area contributed by atoms with Crippen LogP contribution in [0.25, 0.3) is 10.9 Å². The molecule has 0 aliphatic heterocycles. The lowest BCUT2D eigenvalue weighted by molar-refractivity contribution is 1.17. The molecule has 0 saturated heterocycles. The summed E-state index contributed by atoms with van der Waals surface area (Å²) in [6.07, 6.45) is 0. The minimum absolute atomic E-state index is 0.961. The SMILES string of the molecule is Cc1ccc2[nH]c(Sc3ccccc3)c(CSc3ccccc3)c2c1. The van der Waals surface area contributed by atoms with Crippen LogP contribution in [0.4, 0.5) is 0 Å². The van der Waals surface area contributed by atoms with Gasteiger partial charge in [0, 0.05) is 32.0 Å². The molecule has 0 unspecified atom stereocenters. The van der Waals surface area contributed by atoms with Gasteiger partial charge >= 0.3 is 0 Å². The molecule has 0 aliphatic rings. The number of hydrogen-bond acceptors (Lipinski definition) is 2. The summed E-state index contributed by atoms with van der Waals surface area (Å²) in [5, 5.41) is 2.58. The summed E-state index contributed by atoms with van der Waals surface area (Å²) in [6, 6.07) is 27.8. The predicted molar refractivity (Wildman–Crippen MR) is 110 cm³/mol. The summed E-state index contributed by atoms with van der Waals surface area (Å²) in [6.45, 7) is 2.16. The highest BCUT2D eigenvalue weighted by molar-refractivity contribution is 8.00. The standard InChI is InChI=1S/C22H19NS2/c1-16-12-13-21-19(14-16)20(15-24-17-8-4-2-5-9-17)22(23-21)25-18-10-6-3-7-11-18/h2-14,23H,15H2,1H3. The van der Waals surface area contributed by atoms with E-state index in [-0.39, 0.29) is 0 Å². The van der Waals surface area contributed by atoms with Crippen molar-refractivity contribution >= 4 is 34.4 Å². The van der Waals surface area contributed by atoms with Crippen LogP contribution in [0.1, 0.15) is 11.1 Å². The van der Waals surface area contributed by atoms with Crippen molar-refractivity contribution in [3.05, 3.63) is 90.0 Å².